The molecule has 2 heterocycles. The first-order valence-corrected chi connectivity index (χ1v) is 10.1. The van der Waals surface area contributed by atoms with Crippen LogP contribution in [0.4, 0.5) is 14.6 Å². The molecular weight excluding hydrogens is 398 g/mol. The zero-order valence-electron chi connectivity index (χ0n) is 16.9. The van der Waals surface area contributed by atoms with Crippen LogP contribution in [0.3, 0.4) is 0 Å². The van der Waals surface area contributed by atoms with Gasteiger partial charge in [0.05, 0.1) is 6.61 Å². The van der Waals surface area contributed by atoms with E-state index in [9.17, 15) is 8.78 Å². The third-order valence-corrected chi connectivity index (χ3v) is 5.36. The van der Waals surface area contributed by atoms with Crippen LogP contribution in [0.15, 0.2) is 54.9 Å². The molecule has 0 amide bonds. The SMILES string of the molecule is CNc1nc(-c2cccnc2)nc2c(OCC3CC3)cc(-c3cccc(F)c3F)cc12. The molecule has 5 rings (SSSR count). The summed E-state index contributed by atoms with van der Waals surface area (Å²) < 4.78 is 34.5. The lowest BCUT2D eigenvalue weighted by atomic mass is 10.0. The first-order chi connectivity index (χ1) is 15.1. The molecule has 1 fully saturated rings. The van der Waals surface area contributed by atoms with Crippen LogP contribution in [-0.2, 0) is 0 Å². The van der Waals surface area contributed by atoms with Crippen LogP contribution in [0, 0.1) is 17.6 Å². The molecule has 156 valence electrons. The Kier molecular flexibility index (Phi) is 4.94. The van der Waals surface area contributed by atoms with Gasteiger partial charge < -0.3 is 10.1 Å². The van der Waals surface area contributed by atoms with E-state index in [1.165, 1.54) is 6.07 Å². The number of anilines is 1. The van der Waals surface area contributed by atoms with Crippen LogP contribution in [0.1, 0.15) is 12.8 Å². The summed E-state index contributed by atoms with van der Waals surface area (Å²) in [7, 11) is 1.76. The number of benzene rings is 2. The van der Waals surface area contributed by atoms with Crippen LogP contribution >= 0.6 is 0 Å². The summed E-state index contributed by atoms with van der Waals surface area (Å²) in [6.07, 6.45) is 5.65. The molecule has 0 spiro atoms. The molecule has 1 aliphatic carbocycles. The number of nitrogens with zero attached hydrogens (tertiary/aromatic N) is 3. The lowest BCUT2D eigenvalue weighted by Gasteiger charge is -2.15. The van der Waals surface area contributed by atoms with E-state index < -0.39 is 11.6 Å². The molecule has 7 heteroatoms. The zero-order valence-corrected chi connectivity index (χ0v) is 16.9. The average molecular weight is 418 g/mol. The van der Waals surface area contributed by atoms with Crippen molar-refractivity contribution in [3.63, 3.8) is 0 Å². The first kappa shape index (κ1) is 19.4. The number of rotatable bonds is 6. The number of hydrogen-bond donors (Lipinski definition) is 1. The molecule has 31 heavy (non-hydrogen) atoms. The van der Waals surface area contributed by atoms with Crippen LogP contribution in [0.5, 0.6) is 5.75 Å². The summed E-state index contributed by atoms with van der Waals surface area (Å²) >= 11 is 0. The highest BCUT2D eigenvalue weighted by atomic mass is 19.2. The molecule has 5 nitrogen and oxygen atoms in total. The Morgan fingerprint density at radius 1 is 1.06 bits per heavy atom. The van der Waals surface area contributed by atoms with Crippen molar-refractivity contribution >= 4 is 16.7 Å². The summed E-state index contributed by atoms with van der Waals surface area (Å²) in [6, 6.07) is 11.3. The predicted molar refractivity (Wildman–Crippen MR) is 116 cm³/mol. The first-order valence-electron chi connectivity index (χ1n) is 10.1. The van der Waals surface area contributed by atoms with E-state index in [-0.39, 0.29) is 5.56 Å². The van der Waals surface area contributed by atoms with E-state index in [1.807, 2.05) is 12.1 Å². The van der Waals surface area contributed by atoms with E-state index in [0.29, 0.717) is 46.4 Å². The molecule has 1 N–H and O–H groups in total. The molecule has 0 saturated heterocycles. The van der Waals surface area contributed by atoms with Gasteiger partial charge in [0, 0.05) is 36.0 Å². The number of halogens is 2. The summed E-state index contributed by atoms with van der Waals surface area (Å²) in [5, 5.41) is 3.76. The van der Waals surface area contributed by atoms with Crippen molar-refractivity contribution in [2.75, 3.05) is 19.0 Å². The van der Waals surface area contributed by atoms with Gasteiger partial charge in [0.15, 0.2) is 17.5 Å². The van der Waals surface area contributed by atoms with Crippen LogP contribution in [0.25, 0.3) is 33.4 Å². The number of aromatic nitrogens is 3. The standard InChI is InChI=1S/C24H20F2N4O/c1-27-24-18-10-16(17-5-2-6-19(25)21(17)26)11-20(31-13-14-7-8-14)22(18)29-23(30-24)15-4-3-9-28-12-15/h2-6,9-12,14H,7-8,13H2,1H3,(H,27,29,30). The number of fused-ring (bicyclic) bond motifs is 1. The maximum atomic E-state index is 14.5. The van der Waals surface area contributed by atoms with Gasteiger partial charge in [-0.05, 0) is 54.7 Å². The highest BCUT2D eigenvalue weighted by Crippen LogP contribution is 2.38. The Labute approximate surface area is 178 Å². The summed E-state index contributed by atoms with van der Waals surface area (Å²) in [5.74, 6) is 0.328. The van der Waals surface area contributed by atoms with E-state index >= 15 is 0 Å². The third-order valence-electron chi connectivity index (χ3n) is 5.36. The molecule has 2 aromatic carbocycles. The van der Waals surface area contributed by atoms with Gasteiger partial charge in [0.1, 0.15) is 17.1 Å². The maximum Gasteiger partial charge on any atom is 0.166 e. The van der Waals surface area contributed by atoms with E-state index in [0.717, 1.165) is 24.5 Å². The van der Waals surface area contributed by atoms with E-state index in [1.54, 1.807) is 37.6 Å². The average Bonchev–Trinajstić information content (AvgIpc) is 3.63. The van der Waals surface area contributed by atoms with Crippen molar-refractivity contribution in [3.8, 4) is 28.3 Å². The summed E-state index contributed by atoms with van der Waals surface area (Å²) in [4.78, 5) is 13.5. The van der Waals surface area contributed by atoms with Crippen LogP contribution in [-0.4, -0.2) is 28.6 Å². The molecule has 0 aliphatic heterocycles. The molecule has 2 aromatic heterocycles. The molecule has 0 bridgehead atoms. The molecule has 0 atom stereocenters. The second kappa shape index (κ2) is 7.91. The molecule has 0 radical (unpaired) electrons. The van der Waals surface area contributed by atoms with Gasteiger partial charge >= 0.3 is 0 Å². The van der Waals surface area contributed by atoms with Crippen molar-refractivity contribution in [2.45, 2.75) is 12.8 Å². The van der Waals surface area contributed by atoms with Crippen LogP contribution < -0.4 is 10.1 Å². The van der Waals surface area contributed by atoms with Crippen molar-refractivity contribution in [2.24, 2.45) is 5.92 Å². The smallest absolute Gasteiger partial charge is 0.166 e. The van der Waals surface area contributed by atoms with Gasteiger partial charge in [-0.1, -0.05) is 12.1 Å². The fourth-order valence-electron chi connectivity index (χ4n) is 3.50. The monoisotopic (exact) mass is 418 g/mol. The topological polar surface area (TPSA) is 59.9 Å². The Morgan fingerprint density at radius 3 is 2.68 bits per heavy atom. The van der Waals surface area contributed by atoms with Gasteiger partial charge in [0.25, 0.3) is 0 Å². The van der Waals surface area contributed by atoms with Crippen molar-refractivity contribution in [3.05, 3.63) is 66.5 Å². The minimum atomic E-state index is -0.895. The fraction of sp³-hybridized carbons (Fsp3) is 0.208. The Morgan fingerprint density at radius 2 is 1.94 bits per heavy atom. The second-order valence-electron chi connectivity index (χ2n) is 7.61. The molecule has 1 aliphatic rings. The highest BCUT2D eigenvalue weighted by molar-refractivity contribution is 5.97. The van der Waals surface area contributed by atoms with Gasteiger partial charge in [0.2, 0.25) is 0 Å². The maximum absolute atomic E-state index is 14.5. The molecule has 1 saturated carbocycles. The lowest BCUT2D eigenvalue weighted by molar-refractivity contribution is 0.303. The van der Waals surface area contributed by atoms with Crippen molar-refractivity contribution in [1.29, 1.82) is 0 Å². The highest BCUT2D eigenvalue weighted by Gasteiger charge is 2.24. The summed E-state index contributed by atoms with van der Waals surface area (Å²) in [6.45, 7) is 0.561. The number of ether oxygens (including phenoxy) is 1. The largest absolute Gasteiger partial charge is 0.491 e. The van der Waals surface area contributed by atoms with Crippen LogP contribution in [0.2, 0.25) is 0 Å². The lowest BCUT2D eigenvalue weighted by Crippen LogP contribution is -2.04. The van der Waals surface area contributed by atoms with Gasteiger partial charge in [-0.2, -0.15) is 0 Å². The second-order valence-corrected chi connectivity index (χ2v) is 7.61. The Hall–Kier alpha value is -3.61. The van der Waals surface area contributed by atoms with Gasteiger partial charge in [-0.25, -0.2) is 18.7 Å². The van der Waals surface area contributed by atoms with Crippen molar-refractivity contribution in [1.82, 2.24) is 15.0 Å². The van der Waals surface area contributed by atoms with Gasteiger partial charge in [-0.15, -0.1) is 0 Å². The zero-order chi connectivity index (χ0) is 21.4. The third kappa shape index (κ3) is 3.79. The number of hydrogen-bond acceptors (Lipinski definition) is 5. The Bertz CT molecular complexity index is 1260. The summed E-state index contributed by atoms with van der Waals surface area (Å²) in [5.41, 5.74) is 2.05. The Balaban J connectivity index is 1.73. The number of pyridine rings is 1. The number of nitrogens with one attached hydrogen (secondary N) is 1. The minimum Gasteiger partial charge on any atom is -0.491 e. The van der Waals surface area contributed by atoms with Crippen molar-refractivity contribution < 1.29 is 13.5 Å². The normalized spacial score (nSPS) is 13.4. The quantitative estimate of drug-likeness (QED) is 0.450. The predicted octanol–water partition coefficient (Wildman–Crippen LogP) is 5.47. The molecule has 4 aromatic rings. The minimum absolute atomic E-state index is 0.163. The van der Waals surface area contributed by atoms with E-state index in [2.05, 4.69) is 15.3 Å². The molecular formula is C24H20F2N4O. The fourth-order valence-corrected chi connectivity index (χ4v) is 3.50. The van der Waals surface area contributed by atoms with Gasteiger partial charge in [-0.3, -0.25) is 4.98 Å². The van der Waals surface area contributed by atoms with E-state index in [4.69, 9.17) is 9.72 Å². The molecule has 0 unspecified atom stereocenters.